The maximum Gasteiger partial charge on any atom is 0.335 e. The molecule has 2 atom stereocenters. The van der Waals surface area contributed by atoms with Crippen LogP contribution in [0.25, 0.3) is 45.6 Å². The van der Waals surface area contributed by atoms with Gasteiger partial charge in [0.2, 0.25) is 0 Å². The van der Waals surface area contributed by atoms with Crippen LogP contribution >= 0.6 is 0 Å². The molecule has 0 radical (unpaired) electrons. The molecule has 0 spiro atoms. The van der Waals surface area contributed by atoms with Crippen LogP contribution in [0.5, 0.6) is 11.5 Å². The van der Waals surface area contributed by atoms with Gasteiger partial charge in [-0.3, -0.25) is 9.59 Å². The average Bonchev–Trinajstić information content (AvgIpc) is 3.17. The monoisotopic (exact) mass is 684 g/mol. The van der Waals surface area contributed by atoms with E-state index in [9.17, 15) is 29.4 Å². The van der Waals surface area contributed by atoms with Gasteiger partial charge in [-0.05, 0) is 127 Å². The van der Waals surface area contributed by atoms with Crippen molar-refractivity contribution >= 4 is 48.2 Å². The van der Waals surface area contributed by atoms with E-state index < -0.39 is 11.9 Å². The number of carbonyl (C=O) groups excluding carboxylic acids is 2. The predicted octanol–water partition coefficient (Wildman–Crippen LogP) is 8.79. The van der Waals surface area contributed by atoms with Crippen LogP contribution in [-0.2, 0) is 9.59 Å². The van der Waals surface area contributed by atoms with Crippen molar-refractivity contribution in [3.8, 4) is 33.8 Å². The number of carboxylic acids is 2. The maximum atomic E-state index is 11.7. The van der Waals surface area contributed by atoms with Gasteiger partial charge in [0.1, 0.15) is 11.5 Å². The van der Waals surface area contributed by atoms with E-state index in [1.807, 2.05) is 48.5 Å². The largest absolute Gasteiger partial charge is 0.478 e. The third-order valence-corrected chi connectivity index (χ3v) is 9.93. The minimum absolute atomic E-state index is 0.0908. The number of ether oxygens (including phenoxy) is 2. The lowest BCUT2D eigenvalue weighted by Crippen LogP contribution is -2.25. The fourth-order valence-corrected chi connectivity index (χ4v) is 7.56. The van der Waals surface area contributed by atoms with Crippen molar-refractivity contribution < 1.29 is 38.9 Å². The fourth-order valence-electron chi connectivity index (χ4n) is 7.56. The minimum atomic E-state index is -1.00. The molecule has 0 aromatic heterocycles. The first-order valence-electron chi connectivity index (χ1n) is 16.5. The number of allylic oxidation sites excluding steroid dienone is 6. The third kappa shape index (κ3) is 5.52. The number of benzene rings is 5. The Balaban J connectivity index is 1.38. The van der Waals surface area contributed by atoms with Crippen LogP contribution in [0, 0.1) is 5.92 Å². The van der Waals surface area contributed by atoms with Gasteiger partial charge in [-0.2, -0.15) is 0 Å². The lowest BCUT2D eigenvalue weighted by molar-refractivity contribution is -0.121. The van der Waals surface area contributed by atoms with E-state index in [1.165, 1.54) is 0 Å². The number of carboxylic acid groups (broad SMARTS) is 2. The van der Waals surface area contributed by atoms with Crippen LogP contribution in [0.3, 0.4) is 0 Å². The predicted molar refractivity (Wildman–Crippen MR) is 197 cm³/mol. The number of hydrogen-bond donors (Lipinski definition) is 2. The topological polar surface area (TPSA) is 127 Å². The summed E-state index contributed by atoms with van der Waals surface area (Å²) in [5.74, 6) is -1.39. The Hall–Kier alpha value is -7.06. The summed E-state index contributed by atoms with van der Waals surface area (Å²) in [6.45, 7) is 0.788. The first-order valence-corrected chi connectivity index (χ1v) is 16.5. The van der Waals surface area contributed by atoms with E-state index >= 15 is 0 Å². The normalized spacial score (nSPS) is 16.4. The highest BCUT2D eigenvalue weighted by Crippen LogP contribution is 2.57. The second kappa shape index (κ2) is 13.0. The van der Waals surface area contributed by atoms with Crippen LogP contribution in [-0.4, -0.2) is 35.1 Å². The van der Waals surface area contributed by atoms with Gasteiger partial charge in [0.05, 0.1) is 11.1 Å². The van der Waals surface area contributed by atoms with Crippen molar-refractivity contribution in [2.75, 3.05) is 0 Å². The molecule has 0 fully saturated rings. The van der Waals surface area contributed by atoms with Gasteiger partial charge in [-0.25, -0.2) is 9.59 Å². The molecule has 0 heterocycles. The highest BCUT2D eigenvalue weighted by molar-refractivity contribution is 6.00. The molecule has 0 saturated heterocycles. The van der Waals surface area contributed by atoms with E-state index in [4.69, 9.17) is 9.47 Å². The lowest BCUT2D eigenvalue weighted by atomic mass is 9.62. The van der Waals surface area contributed by atoms with E-state index in [1.54, 1.807) is 48.5 Å². The van der Waals surface area contributed by atoms with Gasteiger partial charge in [-0.1, -0.05) is 72.8 Å². The van der Waals surface area contributed by atoms with E-state index in [2.05, 4.69) is 36.4 Å². The molecule has 2 N–H and O–H groups in total. The molecule has 5 aromatic rings. The van der Waals surface area contributed by atoms with E-state index in [0.29, 0.717) is 24.4 Å². The lowest BCUT2D eigenvalue weighted by Gasteiger charge is -2.41. The summed E-state index contributed by atoms with van der Waals surface area (Å²) in [7, 11) is 0. The van der Waals surface area contributed by atoms with Gasteiger partial charge < -0.3 is 19.7 Å². The molecule has 0 aliphatic heterocycles. The summed E-state index contributed by atoms with van der Waals surface area (Å²) in [6, 6.07) is 30.6. The van der Waals surface area contributed by atoms with Crippen LogP contribution in [0.4, 0.5) is 0 Å². The van der Waals surface area contributed by atoms with Gasteiger partial charge in [0.15, 0.2) is 0 Å². The Morgan fingerprint density at radius 2 is 1.06 bits per heavy atom. The Kier molecular flexibility index (Phi) is 8.04. The molecule has 8 heteroatoms. The van der Waals surface area contributed by atoms with E-state index in [0.717, 1.165) is 66.8 Å². The molecular weight excluding hydrogens is 656 g/mol. The zero-order chi connectivity index (χ0) is 35.9. The summed E-state index contributed by atoms with van der Waals surface area (Å²) in [6.07, 6.45) is 10.8. The number of rotatable bonds is 10. The number of aromatic carboxylic acids is 2. The Morgan fingerprint density at radius 1 is 0.577 bits per heavy atom. The SMILES string of the molecule is O=COc1ccc(C2=CC(c3ccc(C(=O)O)cc3)=C3C=Cc4c(-c5ccc(C(=O)O)cc5)cc(-c5ccc(OC=O)cc5)c5c4C3C2C=C5)cc1. The van der Waals surface area contributed by atoms with Gasteiger partial charge >= 0.3 is 11.9 Å². The quantitative estimate of drug-likeness (QED) is 0.140. The molecule has 8 nitrogen and oxygen atoms in total. The summed E-state index contributed by atoms with van der Waals surface area (Å²) in [4.78, 5) is 45.5. The molecular formula is C44H28O8. The van der Waals surface area contributed by atoms with Gasteiger partial charge in [0.25, 0.3) is 12.9 Å². The fraction of sp³-hybridized carbons (Fsp3) is 0.0455. The van der Waals surface area contributed by atoms with Crippen molar-refractivity contribution in [2.45, 2.75) is 5.92 Å². The summed E-state index contributed by atoms with van der Waals surface area (Å²) in [5.41, 5.74) is 12.1. The minimum Gasteiger partial charge on any atom is -0.478 e. The molecule has 252 valence electrons. The summed E-state index contributed by atoms with van der Waals surface area (Å²) in [5, 5.41) is 19.2. The average molecular weight is 685 g/mol. The molecule has 3 aliphatic carbocycles. The van der Waals surface area contributed by atoms with E-state index in [-0.39, 0.29) is 23.0 Å². The van der Waals surface area contributed by atoms with Crippen LogP contribution in [0.2, 0.25) is 0 Å². The third-order valence-electron chi connectivity index (χ3n) is 9.93. The van der Waals surface area contributed by atoms with Crippen LogP contribution < -0.4 is 9.47 Å². The van der Waals surface area contributed by atoms with Gasteiger partial charge in [0, 0.05) is 11.8 Å². The zero-order valence-corrected chi connectivity index (χ0v) is 27.4. The molecule has 3 aliphatic rings. The molecule has 0 saturated carbocycles. The highest BCUT2D eigenvalue weighted by atomic mass is 16.5. The Morgan fingerprint density at radius 3 is 1.58 bits per heavy atom. The van der Waals surface area contributed by atoms with Crippen molar-refractivity contribution in [2.24, 2.45) is 5.92 Å². The first kappa shape index (κ1) is 32.2. The molecule has 52 heavy (non-hydrogen) atoms. The molecule has 0 bridgehead atoms. The first-order chi connectivity index (χ1) is 25.3. The molecule has 8 rings (SSSR count). The molecule has 5 aromatic carbocycles. The molecule has 2 unspecified atom stereocenters. The van der Waals surface area contributed by atoms with Crippen molar-refractivity contribution in [3.05, 3.63) is 166 Å². The Labute approximate surface area is 297 Å². The maximum absolute atomic E-state index is 11.7. The molecule has 0 amide bonds. The second-order valence-electron chi connectivity index (χ2n) is 12.6. The number of carbonyl (C=O) groups is 4. The summed E-state index contributed by atoms with van der Waals surface area (Å²) < 4.78 is 10.2. The van der Waals surface area contributed by atoms with Crippen LogP contribution in [0.15, 0.2) is 127 Å². The van der Waals surface area contributed by atoms with Crippen molar-refractivity contribution in [3.63, 3.8) is 0 Å². The summed E-state index contributed by atoms with van der Waals surface area (Å²) >= 11 is 0. The smallest absolute Gasteiger partial charge is 0.335 e. The number of hydrogen-bond acceptors (Lipinski definition) is 6. The standard InChI is InChI=1S/C44H28O8/c45-23-51-31-13-9-27(10-14-31)39-21-37(25-1-5-29(6-2-25)43(47)48)33-17-18-34-38(26-3-7-30(8-4-26)44(49)50)22-40(28-11-15-32(16-12-28)52-24-46)36-20-19-35(39)41(33)42(34)36/h1-24,35,41H,(H,47,48)(H,49,50). The highest BCUT2D eigenvalue weighted by Gasteiger charge is 2.40. The second-order valence-corrected chi connectivity index (χ2v) is 12.6. The Bertz CT molecular complexity index is 2410. The van der Waals surface area contributed by atoms with Gasteiger partial charge in [-0.15, -0.1) is 0 Å². The zero-order valence-electron chi connectivity index (χ0n) is 27.4. The van der Waals surface area contributed by atoms with Crippen LogP contribution in [0.1, 0.15) is 54.5 Å². The van der Waals surface area contributed by atoms with Crippen molar-refractivity contribution in [1.82, 2.24) is 0 Å². The van der Waals surface area contributed by atoms with Crippen molar-refractivity contribution in [1.29, 1.82) is 0 Å².